The van der Waals surface area contributed by atoms with Crippen LogP contribution in [0.3, 0.4) is 0 Å². The van der Waals surface area contributed by atoms with E-state index in [0.29, 0.717) is 0 Å². The number of hydrogen-bond acceptors (Lipinski definition) is 2. The summed E-state index contributed by atoms with van der Waals surface area (Å²) in [7, 11) is 0. The van der Waals surface area contributed by atoms with E-state index in [0.717, 1.165) is 29.5 Å². The number of aliphatic carboxylic acids is 1. The number of benzene rings is 1. The minimum atomic E-state index is -0.855. The lowest BCUT2D eigenvalue weighted by molar-refractivity contribution is -0.135. The summed E-state index contributed by atoms with van der Waals surface area (Å²) in [4.78, 5) is 10.6. The molecule has 0 saturated heterocycles. The van der Waals surface area contributed by atoms with Gasteiger partial charge in [0, 0.05) is 5.56 Å². The fourth-order valence-corrected chi connectivity index (χ4v) is 1.88. The van der Waals surface area contributed by atoms with Crippen molar-refractivity contribution in [3.05, 3.63) is 35.4 Å². The highest BCUT2D eigenvalue weighted by atomic mass is 16.4. The first-order valence-electron chi connectivity index (χ1n) is 5.76. The minimum Gasteiger partial charge on any atom is -0.507 e. The first-order valence-corrected chi connectivity index (χ1v) is 5.76. The Morgan fingerprint density at radius 1 is 1.41 bits per heavy atom. The van der Waals surface area contributed by atoms with Crippen LogP contribution in [0.5, 0.6) is 5.75 Å². The quantitative estimate of drug-likeness (QED) is 0.821. The highest BCUT2D eigenvalue weighted by molar-refractivity contribution is 5.77. The molecule has 0 aliphatic heterocycles. The zero-order chi connectivity index (χ0) is 12.8. The molecule has 0 aromatic heterocycles. The zero-order valence-electron chi connectivity index (χ0n) is 10.2. The zero-order valence-corrected chi connectivity index (χ0v) is 10.2. The summed E-state index contributed by atoms with van der Waals surface area (Å²) in [5.41, 5.74) is 2.65. The molecular formula is C14H18O3. The molecule has 0 unspecified atom stereocenters. The number of aromatic hydroxyl groups is 1. The summed E-state index contributed by atoms with van der Waals surface area (Å²) in [6.07, 6.45) is 3.36. The van der Waals surface area contributed by atoms with E-state index in [4.69, 9.17) is 5.11 Å². The molecule has 0 amide bonds. The van der Waals surface area contributed by atoms with Gasteiger partial charge in [-0.15, -0.1) is 0 Å². The van der Waals surface area contributed by atoms with Gasteiger partial charge in [-0.3, -0.25) is 4.79 Å². The van der Waals surface area contributed by atoms with Crippen molar-refractivity contribution in [2.75, 3.05) is 0 Å². The van der Waals surface area contributed by atoms with E-state index >= 15 is 0 Å². The van der Waals surface area contributed by atoms with Crippen LogP contribution in [0, 0.1) is 6.92 Å². The first-order chi connectivity index (χ1) is 8.06. The number of rotatable bonds is 5. The highest BCUT2D eigenvalue weighted by Crippen LogP contribution is 2.31. The maximum absolute atomic E-state index is 10.6. The van der Waals surface area contributed by atoms with Gasteiger partial charge in [0.1, 0.15) is 5.75 Å². The Kier molecular flexibility index (Phi) is 4.76. The van der Waals surface area contributed by atoms with Gasteiger partial charge in [0.2, 0.25) is 0 Å². The molecule has 92 valence electrons. The predicted molar refractivity (Wildman–Crippen MR) is 68.0 cm³/mol. The van der Waals surface area contributed by atoms with Crippen LogP contribution >= 0.6 is 0 Å². The van der Waals surface area contributed by atoms with E-state index in [2.05, 4.69) is 0 Å². The Morgan fingerprint density at radius 3 is 2.65 bits per heavy atom. The van der Waals surface area contributed by atoms with Gasteiger partial charge in [-0.25, -0.2) is 0 Å². The van der Waals surface area contributed by atoms with Crippen molar-refractivity contribution in [1.29, 1.82) is 0 Å². The van der Waals surface area contributed by atoms with Crippen molar-refractivity contribution in [2.24, 2.45) is 0 Å². The van der Waals surface area contributed by atoms with E-state index < -0.39 is 5.97 Å². The molecule has 1 rings (SSSR count). The van der Waals surface area contributed by atoms with Crippen molar-refractivity contribution in [3.8, 4) is 5.75 Å². The Morgan fingerprint density at radius 2 is 2.12 bits per heavy atom. The van der Waals surface area contributed by atoms with Crippen LogP contribution in [-0.2, 0) is 4.79 Å². The fourth-order valence-electron chi connectivity index (χ4n) is 1.88. The summed E-state index contributed by atoms with van der Waals surface area (Å²) in [6.45, 7) is 3.95. The average Bonchev–Trinajstić information content (AvgIpc) is 2.25. The molecule has 0 atom stereocenters. The lowest BCUT2D eigenvalue weighted by Crippen LogP contribution is -1.95. The fraction of sp³-hybridized carbons (Fsp3) is 0.357. The molecule has 0 aliphatic carbocycles. The van der Waals surface area contributed by atoms with E-state index in [-0.39, 0.29) is 12.2 Å². The molecule has 3 nitrogen and oxygen atoms in total. The monoisotopic (exact) mass is 234 g/mol. The van der Waals surface area contributed by atoms with E-state index in [1.54, 1.807) is 18.2 Å². The second-order valence-electron chi connectivity index (χ2n) is 4.05. The Labute approximate surface area is 101 Å². The van der Waals surface area contributed by atoms with Crippen LogP contribution in [0.15, 0.2) is 24.3 Å². The largest absolute Gasteiger partial charge is 0.507 e. The van der Waals surface area contributed by atoms with Gasteiger partial charge in [0.25, 0.3) is 0 Å². The number of carboxylic acids is 1. The maximum atomic E-state index is 10.6. The van der Waals surface area contributed by atoms with Gasteiger partial charge < -0.3 is 10.2 Å². The average molecular weight is 234 g/mol. The van der Waals surface area contributed by atoms with Crippen molar-refractivity contribution >= 4 is 11.5 Å². The first kappa shape index (κ1) is 13.3. The summed E-state index contributed by atoms with van der Waals surface area (Å²) < 4.78 is 0. The summed E-state index contributed by atoms with van der Waals surface area (Å²) in [6, 6.07) is 5.33. The molecular weight excluding hydrogens is 216 g/mol. The molecule has 3 heteroatoms. The molecule has 17 heavy (non-hydrogen) atoms. The van der Waals surface area contributed by atoms with Crippen molar-refractivity contribution in [2.45, 2.75) is 33.1 Å². The number of hydrogen-bond donors (Lipinski definition) is 2. The van der Waals surface area contributed by atoms with Gasteiger partial charge in [-0.2, -0.15) is 0 Å². The second-order valence-corrected chi connectivity index (χ2v) is 4.05. The highest BCUT2D eigenvalue weighted by Gasteiger charge is 2.10. The number of carbonyl (C=O) groups is 1. The molecule has 1 aromatic rings. The molecule has 0 fully saturated rings. The van der Waals surface area contributed by atoms with Crippen LogP contribution in [0.25, 0.3) is 5.57 Å². The third-order valence-corrected chi connectivity index (χ3v) is 2.61. The number of allylic oxidation sites excluding steroid dienone is 1. The number of phenolic OH excluding ortho intramolecular Hbond substituents is 1. The van der Waals surface area contributed by atoms with Crippen molar-refractivity contribution < 1.29 is 15.0 Å². The van der Waals surface area contributed by atoms with Gasteiger partial charge in [0.05, 0.1) is 6.42 Å². The molecule has 0 radical (unpaired) electrons. The molecule has 0 bridgehead atoms. The van der Waals surface area contributed by atoms with Crippen LogP contribution in [0.4, 0.5) is 0 Å². The molecule has 0 spiro atoms. The number of carboxylic acid groups (broad SMARTS) is 1. The van der Waals surface area contributed by atoms with E-state index in [9.17, 15) is 9.90 Å². The van der Waals surface area contributed by atoms with Crippen LogP contribution < -0.4 is 0 Å². The normalized spacial score (nSPS) is 11.5. The SMILES string of the molecule is CCC/C(=C\CC(=O)O)c1c(C)cccc1O. The Hall–Kier alpha value is -1.77. The predicted octanol–water partition coefficient (Wildman–Crippen LogP) is 3.36. The topological polar surface area (TPSA) is 57.5 Å². The molecule has 0 saturated carbocycles. The van der Waals surface area contributed by atoms with Gasteiger partial charge >= 0.3 is 5.97 Å². The molecule has 0 aliphatic rings. The summed E-state index contributed by atoms with van der Waals surface area (Å²) in [5, 5.41) is 18.6. The third kappa shape index (κ3) is 3.63. The van der Waals surface area contributed by atoms with Gasteiger partial charge in [0.15, 0.2) is 0 Å². The minimum absolute atomic E-state index is 0.0108. The van der Waals surface area contributed by atoms with E-state index in [1.165, 1.54) is 0 Å². The van der Waals surface area contributed by atoms with Crippen molar-refractivity contribution in [3.63, 3.8) is 0 Å². The van der Waals surface area contributed by atoms with E-state index in [1.807, 2.05) is 19.9 Å². The van der Waals surface area contributed by atoms with Gasteiger partial charge in [-0.05, 0) is 30.5 Å². The summed E-state index contributed by atoms with van der Waals surface area (Å²) >= 11 is 0. The molecule has 1 aromatic carbocycles. The number of phenols is 1. The Bertz CT molecular complexity index is 413. The van der Waals surface area contributed by atoms with Crippen molar-refractivity contribution in [1.82, 2.24) is 0 Å². The lowest BCUT2D eigenvalue weighted by Gasteiger charge is -2.12. The van der Waals surface area contributed by atoms with Crippen LogP contribution in [0.1, 0.15) is 37.3 Å². The molecule has 0 heterocycles. The standard InChI is InChI=1S/C14H18O3/c1-3-5-11(8-9-13(16)17)14-10(2)6-4-7-12(14)15/h4,6-8,15H,3,5,9H2,1-2H3,(H,16,17)/b11-8+. The lowest BCUT2D eigenvalue weighted by atomic mass is 9.95. The van der Waals surface area contributed by atoms with Gasteiger partial charge in [-0.1, -0.05) is 31.6 Å². The van der Waals surface area contributed by atoms with Crippen LogP contribution in [0.2, 0.25) is 0 Å². The second kappa shape index (κ2) is 6.09. The molecule has 2 N–H and O–H groups in total. The number of aryl methyl sites for hydroxylation is 1. The van der Waals surface area contributed by atoms with Crippen LogP contribution in [-0.4, -0.2) is 16.2 Å². The third-order valence-electron chi connectivity index (χ3n) is 2.61. The Balaban J connectivity index is 3.13. The smallest absolute Gasteiger partial charge is 0.307 e. The maximum Gasteiger partial charge on any atom is 0.307 e. The summed E-state index contributed by atoms with van der Waals surface area (Å²) in [5.74, 6) is -0.637.